The van der Waals surface area contributed by atoms with Gasteiger partial charge in [-0.25, -0.2) is 4.79 Å². The summed E-state index contributed by atoms with van der Waals surface area (Å²) in [5.74, 6) is -5.72. The predicted octanol–water partition coefficient (Wildman–Crippen LogP) is 1.26. The SMILES string of the molecule is CC(=O)O[C@H]1C(=O)C2C([C@H](OC(=O)c3ccccc3)[C@]3(O)CC(O)C(C)=C1C3(C)C)[C@]1(OC(C)=O)CO[C@@H]1C[C@@H]2O. The molecule has 0 amide bonds. The highest BCUT2D eigenvalue weighted by atomic mass is 16.6. The van der Waals surface area contributed by atoms with Crippen molar-refractivity contribution < 1.29 is 53.4 Å². The summed E-state index contributed by atoms with van der Waals surface area (Å²) in [6.45, 7) is 6.97. The minimum atomic E-state index is -2.09. The molecule has 222 valence electrons. The number of fused-ring (bicyclic) bond motifs is 5. The number of aliphatic hydroxyl groups is 3. The van der Waals surface area contributed by atoms with Gasteiger partial charge in [-0.3, -0.25) is 14.4 Å². The van der Waals surface area contributed by atoms with Gasteiger partial charge in [0.25, 0.3) is 0 Å². The second kappa shape index (κ2) is 10.0. The molecule has 3 unspecified atom stereocenters. The second-order valence-electron chi connectivity index (χ2n) is 12.2. The molecule has 3 fully saturated rings. The maximum Gasteiger partial charge on any atom is 0.338 e. The number of ketones is 1. The van der Waals surface area contributed by atoms with E-state index in [4.69, 9.17) is 18.9 Å². The number of Topliss-reactive ketones (excluding diaryl/α,β-unsaturated/α-hetero) is 1. The maximum atomic E-state index is 14.5. The fraction of sp³-hybridized carbons (Fsp3) is 0.600. The van der Waals surface area contributed by atoms with Crippen LogP contribution in [0.1, 0.15) is 57.8 Å². The molecular formula is C30H36O11. The fourth-order valence-electron chi connectivity index (χ4n) is 7.54. The zero-order chi connectivity index (χ0) is 30.1. The largest absolute Gasteiger partial charge is 0.455 e. The van der Waals surface area contributed by atoms with Crippen molar-refractivity contribution in [2.45, 2.75) is 89.2 Å². The number of benzene rings is 1. The zero-order valence-corrected chi connectivity index (χ0v) is 23.7. The standard InChI is InChI=1S/C30H36O11/c1-14-19(34)12-30(37)26(40-27(36)17-9-7-6-8-10-17)23-21(18(33)11-20-29(23,13-38-20)41-16(3)32)24(35)25(39-15(2)31)22(14)28(30,4)5/h6-10,18-21,23,25-26,33-34,37H,11-13H2,1-5H3/t18-,19?,20+,21?,23?,25+,26-,29-,30+/m0/s1. The second-order valence-corrected chi connectivity index (χ2v) is 12.2. The first-order chi connectivity index (χ1) is 19.2. The first kappa shape index (κ1) is 29.4. The lowest BCUT2D eigenvalue weighted by Gasteiger charge is -2.64. The molecule has 2 bridgehead atoms. The maximum absolute atomic E-state index is 14.5. The number of hydrogen-bond donors (Lipinski definition) is 3. The molecule has 2 saturated carbocycles. The van der Waals surface area contributed by atoms with Crippen LogP contribution in [0.3, 0.4) is 0 Å². The Morgan fingerprint density at radius 1 is 1.02 bits per heavy atom. The Labute approximate surface area is 237 Å². The Bertz CT molecular complexity index is 1300. The molecule has 41 heavy (non-hydrogen) atoms. The zero-order valence-electron chi connectivity index (χ0n) is 23.7. The first-order valence-corrected chi connectivity index (χ1v) is 13.7. The van der Waals surface area contributed by atoms with Crippen LogP contribution in [0.2, 0.25) is 0 Å². The van der Waals surface area contributed by atoms with E-state index in [0.717, 1.165) is 6.92 Å². The predicted molar refractivity (Wildman–Crippen MR) is 140 cm³/mol. The summed E-state index contributed by atoms with van der Waals surface area (Å²) in [6, 6.07) is 8.04. The van der Waals surface area contributed by atoms with Crippen molar-refractivity contribution in [2.24, 2.45) is 17.3 Å². The van der Waals surface area contributed by atoms with E-state index in [9.17, 15) is 34.5 Å². The summed E-state index contributed by atoms with van der Waals surface area (Å²) in [7, 11) is 0. The Kier molecular flexibility index (Phi) is 7.17. The molecular weight excluding hydrogens is 536 g/mol. The molecule has 1 heterocycles. The summed E-state index contributed by atoms with van der Waals surface area (Å²) < 4.78 is 23.3. The van der Waals surface area contributed by atoms with Crippen LogP contribution < -0.4 is 0 Å². The van der Waals surface area contributed by atoms with Gasteiger partial charge in [-0.15, -0.1) is 0 Å². The monoisotopic (exact) mass is 572 g/mol. The normalized spacial score (nSPS) is 39.2. The van der Waals surface area contributed by atoms with Crippen LogP contribution in [-0.2, 0) is 33.3 Å². The van der Waals surface area contributed by atoms with Gasteiger partial charge in [-0.2, -0.15) is 0 Å². The van der Waals surface area contributed by atoms with Crippen LogP contribution in [0.25, 0.3) is 0 Å². The number of carbonyl (C=O) groups is 4. The molecule has 4 aliphatic rings. The van der Waals surface area contributed by atoms with Crippen molar-refractivity contribution in [1.29, 1.82) is 0 Å². The third kappa shape index (κ3) is 4.32. The summed E-state index contributed by atoms with van der Waals surface area (Å²) in [4.78, 5) is 52.8. The van der Waals surface area contributed by atoms with Crippen LogP contribution >= 0.6 is 0 Å². The molecule has 11 heteroatoms. The summed E-state index contributed by atoms with van der Waals surface area (Å²) in [6.07, 6.45) is -7.08. The number of hydrogen-bond acceptors (Lipinski definition) is 11. The molecule has 1 aliphatic heterocycles. The van der Waals surface area contributed by atoms with Crippen molar-refractivity contribution >= 4 is 23.7 Å². The van der Waals surface area contributed by atoms with Gasteiger partial charge in [-0.05, 0) is 30.2 Å². The molecule has 1 saturated heterocycles. The van der Waals surface area contributed by atoms with E-state index in [-0.39, 0.29) is 30.6 Å². The van der Waals surface area contributed by atoms with Gasteiger partial charge in [0.1, 0.15) is 17.8 Å². The van der Waals surface area contributed by atoms with Gasteiger partial charge in [-0.1, -0.05) is 32.0 Å². The van der Waals surface area contributed by atoms with E-state index in [1.165, 1.54) is 19.1 Å². The number of carbonyl (C=O) groups excluding carboxylic acids is 4. The highest BCUT2D eigenvalue weighted by molar-refractivity contribution is 5.93. The molecule has 5 rings (SSSR count). The number of rotatable bonds is 4. The number of ether oxygens (including phenoxy) is 4. The van der Waals surface area contributed by atoms with Crippen molar-refractivity contribution in [3.63, 3.8) is 0 Å². The lowest BCUT2D eigenvalue weighted by molar-refractivity contribution is -0.332. The van der Waals surface area contributed by atoms with Crippen LogP contribution in [0.5, 0.6) is 0 Å². The molecule has 0 spiro atoms. The Morgan fingerprint density at radius 3 is 2.24 bits per heavy atom. The van der Waals surface area contributed by atoms with E-state index in [0.29, 0.717) is 5.57 Å². The van der Waals surface area contributed by atoms with Gasteiger partial charge < -0.3 is 34.3 Å². The first-order valence-electron chi connectivity index (χ1n) is 13.7. The van der Waals surface area contributed by atoms with Crippen LogP contribution in [0.4, 0.5) is 0 Å². The van der Waals surface area contributed by atoms with Gasteiger partial charge in [0.2, 0.25) is 0 Å². The molecule has 11 nitrogen and oxygen atoms in total. The number of esters is 3. The Balaban J connectivity index is 1.79. The van der Waals surface area contributed by atoms with E-state index in [1.54, 1.807) is 39.0 Å². The molecule has 0 aromatic heterocycles. The topological polar surface area (TPSA) is 166 Å². The van der Waals surface area contributed by atoms with Gasteiger partial charge in [0.05, 0.1) is 36.2 Å². The van der Waals surface area contributed by atoms with Gasteiger partial charge in [0.15, 0.2) is 17.5 Å². The van der Waals surface area contributed by atoms with Gasteiger partial charge in [0, 0.05) is 32.1 Å². The quantitative estimate of drug-likeness (QED) is 0.270. The molecule has 0 radical (unpaired) electrons. The van der Waals surface area contributed by atoms with Crippen LogP contribution in [-0.4, -0.2) is 87.3 Å². The molecule has 3 aliphatic carbocycles. The summed E-state index contributed by atoms with van der Waals surface area (Å²) >= 11 is 0. The third-order valence-electron chi connectivity index (χ3n) is 9.57. The Morgan fingerprint density at radius 2 is 1.68 bits per heavy atom. The van der Waals surface area contributed by atoms with E-state index in [1.807, 2.05) is 0 Å². The van der Waals surface area contributed by atoms with Gasteiger partial charge >= 0.3 is 17.9 Å². The van der Waals surface area contributed by atoms with E-state index >= 15 is 0 Å². The van der Waals surface area contributed by atoms with E-state index < -0.39 is 82.7 Å². The van der Waals surface area contributed by atoms with Crippen molar-refractivity contribution in [3.05, 3.63) is 47.0 Å². The lowest BCUT2D eigenvalue weighted by Crippen LogP contribution is -2.79. The average Bonchev–Trinajstić information content (AvgIpc) is 2.88. The third-order valence-corrected chi connectivity index (χ3v) is 9.57. The molecule has 1 aromatic rings. The fourth-order valence-corrected chi connectivity index (χ4v) is 7.54. The average molecular weight is 573 g/mol. The van der Waals surface area contributed by atoms with Crippen molar-refractivity contribution in [1.82, 2.24) is 0 Å². The minimum Gasteiger partial charge on any atom is -0.455 e. The summed E-state index contributed by atoms with van der Waals surface area (Å²) in [5.41, 5.74) is -4.40. The van der Waals surface area contributed by atoms with Crippen LogP contribution in [0.15, 0.2) is 41.5 Å². The van der Waals surface area contributed by atoms with E-state index in [2.05, 4.69) is 0 Å². The minimum absolute atomic E-state index is 0.0885. The molecule has 1 aromatic carbocycles. The highest BCUT2D eigenvalue weighted by Gasteiger charge is 2.74. The molecule has 3 N–H and O–H groups in total. The lowest BCUT2D eigenvalue weighted by atomic mass is 9.48. The number of aliphatic hydroxyl groups excluding tert-OH is 2. The van der Waals surface area contributed by atoms with Crippen LogP contribution in [0, 0.1) is 17.3 Å². The Hall–Kier alpha value is -3.12. The smallest absolute Gasteiger partial charge is 0.338 e. The molecule has 9 atom stereocenters. The highest BCUT2D eigenvalue weighted by Crippen LogP contribution is 2.60. The van der Waals surface area contributed by atoms with Crippen molar-refractivity contribution in [3.8, 4) is 0 Å². The van der Waals surface area contributed by atoms with Crippen molar-refractivity contribution in [2.75, 3.05) is 6.61 Å². The summed E-state index contributed by atoms with van der Waals surface area (Å²) in [5, 5.41) is 35.4.